The molecular weight excluding hydrogens is 391 g/mol. The van der Waals surface area contributed by atoms with Crippen LogP contribution in [-0.2, 0) is 9.59 Å². The minimum Gasteiger partial charge on any atom is -0.486 e. The zero-order valence-electron chi connectivity index (χ0n) is 14.7. The standard InChI is InChI=1S/C20H20Cl2O5/c1-13(19(24)12-26-16-7-3-14(21)4-8-16)2-11-18(23)20(25)27-17-9-5-15(22)6-10-17/h3-10,13,20,25H,2,11-12H2,1H3. The number of hydrogen-bond acceptors (Lipinski definition) is 5. The van der Waals surface area contributed by atoms with E-state index in [0.29, 0.717) is 28.0 Å². The van der Waals surface area contributed by atoms with Gasteiger partial charge in [0.1, 0.15) is 18.1 Å². The van der Waals surface area contributed by atoms with Gasteiger partial charge in [-0.25, -0.2) is 0 Å². The highest BCUT2D eigenvalue weighted by atomic mass is 35.5. The van der Waals surface area contributed by atoms with E-state index >= 15 is 0 Å². The van der Waals surface area contributed by atoms with E-state index in [4.69, 9.17) is 32.7 Å². The van der Waals surface area contributed by atoms with E-state index < -0.39 is 12.1 Å². The summed E-state index contributed by atoms with van der Waals surface area (Å²) in [6.45, 7) is 1.62. The Morgan fingerprint density at radius 1 is 0.926 bits per heavy atom. The number of benzene rings is 2. The number of halogens is 2. The van der Waals surface area contributed by atoms with Gasteiger partial charge in [-0.2, -0.15) is 0 Å². The van der Waals surface area contributed by atoms with Crippen LogP contribution in [-0.4, -0.2) is 29.6 Å². The summed E-state index contributed by atoms with van der Waals surface area (Å²) in [5.41, 5.74) is 0. The molecule has 7 heteroatoms. The van der Waals surface area contributed by atoms with Gasteiger partial charge in [-0.3, -0.25) is 9.59 Å². The largest absolute Gasteiger partial charge is 0.486 e. The second-order valence-corrected chi connectivity index (χ2v) is 6.91. The van der Waals surface area contributed by atoms with Crippen molar-refractivity contribution in [3.63, 3.8) is 0 Å². The summed E-state index contributed by atoms with van der Waals surface area (Å²) in [6.07, 6.45) is -1.27. The molecule has 0 saturated heterocycles. The highest BCUT2D eigenvalue weighted by Crippen LogP contribution is 2.18. The Kier molecular flexibility index (Phi) is 8.10. The third kappa shape index (κ3) is 7.21. The number of aliphatic hydroxyl groups is 1. The first-order valence-corrected chi connectivity index (χ1v) is 9.15. The van der Waals surface area contributed by atoms with Crippen molar-refractivity contribution in [3.8, 4) is 11.5 Å². The van der Waals surface area contributed by atoms with E-state index in [1.807, 2.05) is 0 Å². The summed E-state index contributed by atoms with van der Waals surface area (Å²) in [4.78, 5) is 24.1. The van der Waals surface area contributed by atoms with Crippen LogP contribution < -0.4 is 9.47 Å². The fraction of sp³-hybridized carbons (Fsp3) is 0.300. The van der Waals surface area contributed by atoms with Crippen LogP contribution in [0.2, 0.25) is 10.0 Å². The number of rotatable bonds is 10. The monoisotopic (exact) mass is 410 g/mol. The molecule has 5 nitrogen and oxygen atoms in total. The van der Waals surface area contributed by atoms with Crippen molar-refractivity contribution in [2.45, 2.75) is 26.1 Å². The molecule has 2 aromatic rings. The average Bonchev–Trinajstić information content (AvgIpc) is 2.66. The third-order valence-electron chi connectivity index (χ3n) is 3.90. The minimum atomic E-state index is -1.58. The zero-order valence-corrected chi connectivity index (χ0v) is 16.2. The molecule has 0 spiro atoms. The number of hydrogen-bond donors (Lipinski definition) is 1. The molecule has 2 rings (SSSR count). The lowest BCUT2D eigenvalue weighted by molar-refractivity contribution is -0.141. The number of carbonyl (C=O) groups is 2. The van der Waals surface area contributed by atoms with Crippen LogP contribution in [0, 0.1) is 5.92 Å². The Balaban J connectivity index is 1.73. The predicted octanol–water partition coefficient (Wildman–Crippen LogP) is 4.32. The van der Waals surface area contributed by atoms with Gasteiger partial charge in [-0.15, -0.1) is 0 Å². The van der Waals surface area contributed by atoms with Crippen LogP contribution in [0.25, 0.3) is 0 Å². The lowest BCUT2D eigenvalue weighted by atomic mass is 9.99. The molecule has 0 bridgehead atoms. The number of ether oxygens (including phenoxy) is 2. The van der Waals surface area contributed by atoms with E-state index in [9.17, 15) is 14.7 Å². The molecule has 144 valence electrons. The van der Waals surface area contributed by atoms with Crippen LogP contribution in [0.4, 0.5) is 0 Å². The summed E-state index contributed by atoms with van der Waals surface area (Å²) in [6, 6.07) is 13.0. The molecule has 0 aliphatic carbocycles. The molecule has 0 amide bonds. The van der Waals surface area contributed by atoms with Gasteiger partial charge in [0.05, 0.1) is 0 Å². The van der Waals surface area contributed by atoms with Gasteiger partial charge in [-0.05, 0) is 55.0 Å². The van der Waals surface area contributed by atoms with Crippen molar-refractivity contribution < 1.29 is 24.2 Å². The summed E-state index contributed by atoms with van der Waals surface area (Å²) in [5, 5.41) is 10.9. The first-order valence-electron chi connectivity index (χ1n) is 8.39. The Bertz CT molecular complexity index is 759. The Labute approximate surface area is 167 Å². The Morgan fingerprint density at radius 3 is 2.00 bits per heavy atom. The van der Waals surface area contributed by atoms with Gasteiger partial charge in [-0.1, -0.05) is 30.1 Å². The van der Waals surface area contributed by atoms with Gasteiger partial charge >= 0.3 is 0 Å². The fourth-order valence-corrected chi connectivity index (χ4v) is 2.43. The van der Waals surface area contributed by atoms with E-state index in [0.717, 1.165) is 0 Å². The molecule has 27 heavy (non-hydrogen) atoms. The number of aliphatic hydroxyl groups excluding tert-OH is 1. The molecule has 0 aliphatic heterocycles. The Morgan fingerprint density at radius 2 is 1.44 bits per heavy atom. The molecule has 0 fully saturated rings. The fourth-order valence-electron chi connectivity index (χ4n) is 2.18. The van der Waals surface area contributed by atoms with Crippen molar-refractivity contribution in [1.82, 2.24) is 0 Å². The van der Waals surface area contributed by atoms with Crippen LogP contribution in [0.15, 0.2) is 48.5 Å². The van der Waals surface area contributed by atoms with Crippen LogP contribution in [0.5, 0.6) is 11.5 Å². The highest BCUT2D eigenvalue weighted by molar-refractivity contribution is 6.30. The number of Topliss-reactive ketones (excluding diaryl/α,β-unsaturated/α-hetero) is 2. The van der Waals surface area contributed by atoms with Gasteiger partial charge in [0.2, 0.25) is 5.78 Å². The molecule has 2 unspecified atom stereocenters. The lowest BCUT2D eigenvalue weighted by Gasteiger charge is -2.14. The van der Waals surface area contributed by atoms with Crippen molar-refractivity contribution in [3.05, 3.63) is 58.6 Å². The second-order valence-electron chi connectivity index (χ2n) is 6.04. The average molecular weight is 411 g/mol. The van der Waals surface area contributed by atoms with E-state index in [1.54, 1.807) is 55.5 Å². The van der Waals surface area contributed by atoms with Gasteiger partial charge in [0.25, 0.3) is 6.29 Å². The maximum Gasteiger partial charge on any atom is 0.257 e. The maximum atomic E-state index is 12.1. The molecule has 0 saturated carbocycles. The lowest BCUT2D eigenvalue weighted by Crippen LogP contribution is -2.28. The number of ketones is 2. The topological polar surface area (TPSA) is 72.8 Å². The SMILES string of the molecule is CC(CCC(=O)C(O)Oc1ccc(Cl)cc1)C(=O)COc1ccc(Cl)cc1. The summed E-state index contributed by atoms with van der Waals surface area (Å²) in [7, 11) is 0. The normalized spacial score (nSPS) is 12.9. The van der Waals surface area contributed by atoms with Gasteiger partial charge in [0.15, 0.2) is 5.78 Å². The Hall–Kier alpha value is -2.08. The van der Waals surface area contributed by atoms with E-state index in [2.05, 4.69) is 0 Å². The summed E-state index contributed by atoms with van der Waals surface area (Å²) >= 11 is 11.6. The third-order valence-corrected chi connectivity index (χ3v) is 4.41. The first kappa shape index (κ1) is 21.2. The molecule has 2 aromatic carbocycles. The first-order chi connectivity index (χ1) is 12.8. The second kappa shape index (κ2) is 10.3. The van der Waals surface area contributed by atoms with Crippen molar-refractivity contribution in [2.75, 3.05) is 6.61 Å². The van der Waals surface area contributed by atoms with Crippen molar-refractivity contribution in [1.29, 1.82) is 0 Å². The van der Waals surface area contributed by atoms with E-state index in [1.165, 1.54) is 0 Å². The van der Waals surface area contributed by atoms with Gasteiger partial charge in [0, 0.05) is 22.4 Å². The maximum absolute atomic E-state index is 12.1. The molecule has 0 radical (unpaired) electrons. The highest BCUT2D eigenvalue weighted by Gasteiger charge is 2.20. The molecular formula is C20H20Cl2O5. The quantitative estimate of drug-likeness (QED) is 0.590. The van der Waals surface area contributed by atoms with Crippen LogP contribution in [0.1, 0.15) is 19.8 Å². The molecule has 0 aliphatic rings. The van der Waals surface area contributed by atoms with Crippen LogP contribution in [0.3, 0.4) is 0 Å². The molecule has 1 N–H and O–H groups in total. The van der Waals surface area contributed by atoms with Crippen molar-refractivity contribution in [2.24, 2.45) is 5.92 Å². The van der Waals surface area contributed by atoms with Crippen LogP contribution >= 0.6 is 23.2 Å². The minimum absolute atomic E-state index is 0.0165. The summed E-state index contributed by atoms with van der Waals surface area (Å²) < 4.78 is 10.6. The van der Waals surface area contributed by atoms with E-state index in [-0.39, 0.29) is 24.7 Å². The molecule has 0 aromatic heterocycles. The molecule has 2 atom stereocenters. The molecule has 0 heterocycles. The zero-order chi connectivity index (χ0) is 19.8. The predicted molar refractivity (Wildman–Crippen MR) is 103 cm³/mol. The smallest absolute Gasteiger partial charge is 0.257 e. The number of carbonyl (C=O) groups excluding carboxylic acids is 2. The van der Waals surface area contributed by atoms with Gasteiger partial charge < -0.3 is 14.6 Å². The summed E-state index contributed by atoms with van der Waals surface area (Å²) in [5.74, 6) is -0.137. The van der Waals surface area contributed by atoms with Crippen molar-refractivity contribution >= 4 is 34.8 Å².